The third kappa shape index (κ3) is 2.79. The molecular weight excluding hydrogens is 284 g/mol. The minimum Gasteiger partial charge on any atom is -0.491 e. The predicted molar refractivity (Wildman–Crippen MR) is 68.7 cm³/mol. The first-order valence-corrected chi connectivity index (χ1v) is 6.33. The number of carbonyl (C=O) groups is 1. The quantitative estimate of drug-likeness (QED) is 0.855. The van der Waals surface area contributed by atoms with E-state index in [9.17, 15) is 4.79 Å². The first kappa shape index (κ1) is 12.4. The zero-order valence-corrected chi connectivity index (χ0v) is 11.2. The summed E-state index contributed by atoms with van der Waals surface area (Å²) >= 11 is 3.42. The molecule has 17 heavy (non-hydrogen) atoms. The molecule has 0 saturated carbocycles. The van der Waals surface area contributed by atoms with Crippen LogP contribution in [0.1, 0.15) is 12.5 Å². The molecule has 1 aromatic carbocycles. The van der Waals surface area contributed by atoms with Crippen LogP contribution in [0.3, 0.4) is 0 Å². The Morgan fingerprint density at radius 3 is 3.06 bits per heavy atom. The van der Waals surface area contributed by atoms with E-state index in [4.69, 9.17) is 10.5 Å². The van der Waals surface area contributed by atoms with Gasteiger partial charge in [-0.25, -0.2) is 0 Å². The second-order valence-corrected chi connectivity index (χ2v) is 5.06. The van der Waals surface area contributed by atoms with Crippen molar-refractivity contribution in [2.75, 3.05) is 13.2 Å². The average molecular weight is 299 g/mol. The molecule has 1 heterocycles. The minimum absolute atomic E-state index is 0.0403. The highest BCUT2D eigenvalue weighted by atomic mass is 79.9. The molecule has 1 aliphatic heterocycles. The smallest absolute Gasteiger partial charge is 0.239 e. The minimum atomic E-state index is -0.469. The summed E-state index contributed by atoms with van der Waals surface area (Å²) in [5.74, 6) is 0.801. The molecule has 0 aliphatic carbocycles. The summed E-state index contributed by atoms with van der Waals surface area (Å²) in [5.41, 5.74) is 6.63. The Hall–Kier alpha value is -1.07. The third-order valence-electron chi connectivity index (χ3n) is 2.70. The van der Waals surface area contributed by atoms with Crippen molar-refractivity contribution >= 4 is 21.8 Å². The molecule has 0 spiro atoms. The summed E-state index contributed by atoms with van der Waals surface area (Å²) < 4.78 is 6.59. The standard InChI is InChI=1S/C12H15BrN2O2/c1-8(14)12(16)15-4-5-17-11-3-2-10(13)6-9(11)7-15/h2-3,6,8H,4-5,7,14H2,1H3/t8-/m1/s1. The molecule has 0 radical (unpaired) electrons. The van der Waals surface area contributed by atoms with Gasteiger partial charge in [-0.15, -0.1) is 0 Å². The number of benzene rings is 1. The number of hydrogen-bond donors (Lipinski definition) is 1. The summed E-state index contributed by atoms with van der Waals surface area (Å²) in [5, 5.41) is 0. The van der Waals surface area contributed by atoms with Crippen molar-refractivity contribution in [2.24, 2.45) is 5.73 Å². The molecule has 2 N–H and O–H groups in total. The lowest BCUT2D eigenvalue weighted by Crippen LogP contribution is -2.42. The van der Waals surface area contributed by atoms with Crippen molar-refractivity contribution in [1.29, 1.82) is 0 Å². The van der Waals surface area contributed by atoms with Crippen LogP contribution in [0, 0.1) is 0 Å². The molecule has 0 fully saturated rings. The Bertz CT molecular complexity index is 435. The molecule has 1 aliphatic rings. The van der Waals surface area contributed by atoms with Crippen LogP contribution in [0.5, 0.6) is 5.75 Å². The molecule has 92 valence electrons. The number of ether oxygens (including phenoxy) is 1. The number of amides is 1. The van der Waals surface area contributed by atoms with Gasteiger partial charge in [-0.05, 0) is 25.1 Å². The maximum atomic E-state index is 11.9. The fourth-order valence-corrected chi connectivity index (χ4v) is 2.25. The molecule has 0 aromatic heterocycles. The van der Waals surface area contributed by atoms with Crippen LogP contribution >= 0.6 is 15.9 Å². The van der Waals surface area contributed by atoms with Gasteiger partial charge in [0.15, 0.2) is 0 Å². The average Bonchev–Trinajstić information content (AvgIpc) is 2.49. The number of halogens is 1. The zero-order chi connectivity index (χ0) is 12.4. The topological polar surface area (TPSA) is 55.6 Å². The molecule has 0 unspecified atom stereocenters. The SMILES string of the molecule is C[C@@H](N)C(=O)N1CCOc2ccc(Br)cc2C1. The highest BCUT2D eigenvalue weighted by Gasteiger charge is 2.21. The van der Waals surface area contributed by atoms with Crippen molar-refractivity contribution in [2.45, 2.75) is 19.5 Å². The summed E-state index contributed by atoms with van der Waals surface area (Å²) in [6.45, 7) is 3.34. The molecular formula is C12H15BrN2O2. The van der Waals surface area contributed by atoms with E-state index in [-0.39, 0.29) is 5.91 Å². The summed E-state index contributed by atoms with van der Waals surface area (Å²) in [7, 11) is 0. The first-order chi connectivity index (χ1) is 8.08. The van der Waals surface area contributed by atoms with Gasteiger partial charge >= 0.3 is 0 Å². The number of hydrogen-bond acceptors (Lipinski definition) is 3. The van der Waals surface area contributed by atoms with Crippen LogP contribution < -0.4 is 10.5 Å². The number of fused-ring (bicyclic) bond motifs is 1. The largest absolute Gasteiger partial charge is 0.491 e. The van der Waals surface area contributed by atoms with Gasteiger partial charge in [0.1, 0.15) is 12.4 Å². The van der Waals surface area contributed by atoms with Gasteiger partial charge in [0, 0.05) is 16.6 Å². The van der Waals surface area contributed by atoms with Gasteiger partial charge in [-0.2, -0.15) is 0 Å². The van der Waals surface area contributed by atoms with Crippen molar-refractivity contribution < 1.29 is 9.53 Å². The van der Waals surface area contributed by atoms with Gasteiger partial charge in [-0.1, -0.05) is 15.9 Å². The maximum Gasteiger partial charge on any atom is 0.239 e. The first-order valence-electron chi connectivity index (χ1n) is 5.53. The van der Waals surface area contributed by atoms with E-state index in [2.05, 4.69) is 15.9 Å². The molecule has 1 aromatic rings. The third-order valence-corrected chi connectivity index (χ3v) is 3.20. The summed E-state index contributed by atoms with van der Waals surface area (Å²) in [6, 6.07) is 5.35. The van der Waals surface area contributed by atoms with Crippen LogP contribution in [0.15, 0.2) is 22.7 Å². The van der Waals surface area contributed by atoms with Gasteiger partial charge in [-0.3, -0.25) is 4.79 Å². The van der Waals surface area contributed by atoms with Gasteiger partial charge in [0.05, 0.1) is 12.6 Å². The molecule has 0 bridgehead atoms. The maximum absolute atomic E-state index is 11.9. The van der Waals surface area contributed by atoms with Gasteiger partial charge in [0.25, 0.3) is 0 Å². The van der Waals surface area contributed by atoms with Crippen molar-refractivity contribution in [1.82, 2.24) is 4.90 Å². The van der Waals surface area contributed by atoms with E-state index in [1.54, 1.807) is 11.8 Å². The van der Waals surface area contributed by atoms with Gasteiger partial charge < -0.3 is 15.4 Å². The Kier molecular flexibility index (Phi) is 3.69. The van der Waals surface area contributed by atoms with Crippen molar-refractivity contribution in [3.05, 3.63) is 28.2 Å². The van der Waals surface area contributed by atoms with E-state index in [1.807, 2.05) is 18.2 Å². The highest BCUT2D eigenvalue weighted by molar-refractivity contribution is 9.10. The lowest BCUT2D eigenvalue weighted by Gasteiger charge is -2.21. The number of nitrogens with two attached hydrogens (primary N) is 1. The Morgan fingerprint density at radius 1 is 1.59 bits per heavy atom. The normalized spacial score (nSPS) is 16.8. The van der Waals surface area contributed by atoms with E-state index in [0.29, 0.717) is 19.7 Å². The molecule has 1 atom stereocenters. The molecule has 2 rings (SSSR count). The van der Waals surface area contributed by atoms with Crippen LogP contribution in [0.25, 0.3) is 0 Å². The lowest BCUT2D eigenvalue weighted by molar-refractivity contribution is -0.132. The van der Waals surface area contributed by atoms with E-state index in [1.165, 1.54) is 0 Å². The van der Waals surface area contributed by atoms with E-state index in [0.717, 1.165) is 15.8 Å². The van der Waals surface area contributed by atoms with Crippen LogP contribution in [0.2, 0.25) is 0 Å². The monoisotopic (exact) mass is 298 g/mol. The fraction of sp³-hybridized carbons (Fsp3) is 0.417. The second kappa shape index (κ2) is 5.06. The predicted octanol–water partition coefficient (Wildman–Crippen LogP) is 1.52. The molecule has 4 nitrogen and oxygen atoms in total. The molecule has 1 amide bonds. The Morgan fingerprint density at radius 2 is 2.35 bits per heavy atom. The van der Waals surface area contributed by atoms with Crippen LogP contribution in [-0.2, 0) is 11.3 Å². The number of rotatable bonds is 1. The van der Waals surface area contributed by atoms with Crippen molar-refractivity contribution in [3.8, 4) is 5.75 Å². The fourth-order valence-electron chi connectivity index (χ4n) is 1.84. The Balaban J connectivity index is 2.24. The zero-order valence-electron chi connectivity index (χ0n) is 9.65. The van der Waals surface area contributed by atoms with Gasteiger partial charge in [0.2, 0.25) is 5.91 Å². The lowest BCUT2D eigenvalue weighted by atomic mass is 10.2. The summed E-state index contributed by atoms with van der Waals surface area (Å²) in [6.07, 6.45) is 0. The second-order valence-electron chi connectivity index (χ2n) is 4.15. The van der Waals surface area contributed by atoms with E-state index >= 15 is 0 Å². The number of nitrogens with zero attached hydrogens (tertiary/aromatic N) is 1. The van der Waals surface area contributed by atoms with Crippen molar-refractivity contribution in [3.63, 3.8) is 0 Å². The highest BCUT2D eigenvalue weighted by Crippen LogP contribution is 2.26. The summed E-state index contributed by atoms with van der Waals surface area (Å²) in [4.78, 5) is 13.6. The molecule has 5 heteroatoms. The van der Waals surface area contributed by atoms with E-state index < -0.39 is 6.04 Å². The Labute approximate surface area is 109 Å². The molecule has 0 saturated heterocycles. The van der Waals surface area contributed by atoms with Crippen LogP contribution in [0.4, 0.5) is 0 Å². The van der Waals surface area contributed by atoms with Crippen LogP contribution in [-0.4, -0.2) is 30.0 Å². The number of carbonyl (C=O) groups excluding carboxylic acids is 1.